The van der Waals surface area contributed by atoms with Crippen LogP contribution in [-0.2, 0) is 60.7 Å². The van der Waals surface area contributed by atoms with Gasteiger partial charge in [0.05, 0.1) is 21.2 Å². The normalized spacial score (nSPS) is 13.4. The Kier molecular flexibility index (Phi) is 11.9. The zero-order valence-corrected chi connectivity index (χ0v) is 40.3. The number of hydrogen-bond acceptors (Lipinski definition) is 16. The fourth-order valence-electron chi connectivity index (χ4n) is 7.57. The lowest BCUT2D eigenvalue weighted by atomic mass is 10.1. The largest absolute Gasteiger partial charge is 0.295 e. The molecule has 2 heterocycles. The Morgan fingerprint density at radius 2 is 0.681 bits per heavy atom. The van der Waals surface area contributed by atoms with Gasteiger partial charge >= 0.3 is 0 Å². The van der Waals surface area contributed by atoms with Gasteiger partial charge in [0, 0.05) is 21.5 Å². The van der Waals surface area contributed by atoms with Crippen LogP contribution in [0.4, 0.5) is 0 Å². The summed E-state index contributed by atoms with van der Waals surface area (Å²) in [6.07, 6.45) is 5.77. The van der Waals surface area contributed by atoms with E-state index < -0.39 is 90.1 Å². The van der Waals surface area contributed by atoms with E-state index in [4.69, 9.17) is 0 Å². The van der Waals surface area contributed by atoms with Crippen LogP contribution in [-0.4, -0.2) is 108 Å². The van der Waals surface area contributed by atoms with Gasteiger partial charge in [0.2, 0.25) is 0 Å². The summed E-state index contributed by atoms with van der Waals surface area (Å²) in [6, 6.07) is 21.9. The Bertz CT molecular complexity index is 4320. The zero-order valence-electron chi connectivity index (χ0n) is 35.4. The van der Waals surface area contributed by atoms with Gasteiger partial charge in [0.15, 0.2) is 0 Å². The number of hydrogen-bond donors (Lipinski definition) is 6. The Hall–Kier alpha value is -7.20. The lowest BCUT2D eigenvalue weighted by Crippen LogP contribution is -2.05. The molecule has 0 saturated carbocycles. The zero-order chi connectivity index (χ0) is 52.1. The van der Waals surface area contributed by atoms with E-state index in [0.717, 1.165) is 33.9 Å². The molecule has 0 atom stereocenters. The molecule has 2 aromatic heterocycles. The first kappa shape index (κ1) is 49.8. The summed E-state index contributed by atoms with van der Waals surface area (Å²) in [5, 5.41) is 16.4. The second-order valence-electron chi connectivity index (χ2n) is 15.5. The second kappa shape index (κ2) is 17.2. The highest BCUT2D eigenvalue weighted by Crippen LogP contribution is 2.34. The molecule has 72 heavy (non-hydrogen) atoms. The van der Waals surface area contributed by atoms with Crippen LogP contribution in [0.3, 0.4) is 0 Å². The summed E-state index contributed by atoms with van der Waals surface area (Å²) in [4.78, 5) is -2.73. The van der Waals surface area contributed by atoms with Crippen LogP contribution in [0.25, 0.3) is 79.3 Å². The molecule has 30 heteroatoms. The van der Waals surface area contributed by atoms with Crippen LogP contribution >= 0.6 is 0 Å². The van der Waals surface area contributed by atoms with Gasteiger partial charge in [-0.2, -0.15) is 60.1 Å². The molecule has 0 aliphatic heterocycles. The number of benzene rings is 7. The molecule has 0 amide bonds. The summed E-state index contributed by atoms with van der Waals surface area (Å²) in [6.45, 7) is 0. The third-order valence-electron chi connectivity index (χ3n) is 10.8. The summed E-state index contributed by atoms with van der Waals surface area (Å²) in [5.41, 5.74) is 0.936. The summed E-state index contributed by atoms with van der Waals surface area (Å²) in [7, 11) is -29.8. The van der Waals surface area contributed by atoms with Crippen molar-refractivity contribution < 1.29 is 77.8 Å². The van der Waals surface area contributed by atoms with Crippen molar-refractivity contribution in [1.29, 1.82) is 0 Å². The Balaban J connectivity index is 0.986. The van der Waals surface area contributed by atoms with Gasteiger partial charge in [-0.25, -0.2) is 0 Å². The van der Waals surface area contributed by atoms with E-state index >= 15 is 0 Å². The lowest BCUT2D eigenvalue weighted by molar-refractivity contribution is 0.477. The first-order chi connectivity index (χ1) is 33.4. The first-order valence-corrected chi connectivity index (χ1v) is 28.4. The maximum absolute atomic E-state index is 12.6. The molecule has 0 unspecified atom stereocenters. The molecule has 0 aliphatic rings. The summed E-state index contributed by atoms with van der Waals surface area (Å²) >= 11 is 0. The van der Waals surface area contributed by atoms with Crippen LogP contribution in [0, 0.1) is 0 Å². The SMILES string of the molecule is O=S(=O)(O)c1cc(S(=O)(=O)O)c2ccc3nn(-c4ccc(/C=C/c5ccc(/C=C/c6ccc(-n7nc8ccc9c(S(=O)(=O)O)cc(S(=O)(=O)O)cc9c8n7)cc6S(=O)(=O)O)cc5)c(S(=O)(=O)O)c4)nc3c2c1. The highest BCUT2D eigenvalue weighted by molar-refractivity contribution is 7.87. The minimum absolute atomic E-state index is 0.00787. The van der Waals surface area contributed by atoms with E-state index in [2.05, 4.69) is 20.4 Å². The van der Waals surface area contributed by atoms with Crippen LogP contribution < -0.4 is 0 Å². The van der Waals surface area contributed by atoms with Crippen LogP contribution in [0.5, 0.6) is 0 Å². The van der Waals surface area contributed by atoms with Crippen molar-refractivity contribution in [2.45, 2.75) is 29.4 Å². The minimum atomic E-state index is -5.02. The Morgan fingerprint density at radius 1 is 0.333 bits per heavy atom. The van der Waals surface area contributed by atoms with E-state index in [1.54, 1.807) is 24.3 Å². The molecule has 0 bridgehead atoms. The second-order valence-corrected chi connectivity index (χ2v) is 23.9. The van der Waals surface area contributed by atoms with Gasteiger partial charge < -0.3 is 0 Å². The van der Waals surface area contributed by atoms with E-state index in [1.807, 2.05) is 0 Å². The van der Waals surface area contributed by atoms with Crippen molar-refractivity contribution in [3.05, 3.63) is 131 Å². The quantitative estimate of drug-likeness (QED) is 0.0669. The van der Waals surface area contributed by atoms with Crippen molar-refractivity contribution in [3.63, 3.8) is 0 Å². The maximum atomic E-state index is 12.6. The average molecular weight is 1100 g/mol. The average Bonchev–Trinajstić information content (AvgIpc) is 3.94. The monoisotopic (exact) mass is 1100 g/mol. The molecule has 6 N–H and O–H groups in total. The molecule has 0 fully saturated rings. The molecule has 0 spiro atoms. The number of aromatic nitrogens is 6. The molecule has 0 saturated heterocycles. The minimum Gasteiger partial charge on any atom is -0.282 e. The molecule has 0 radical (unpaired) electrons. The Labute approximate surface area is 406 Å². The van der Waals surface area contributed by atoms with E-state index in [0.29, 0.717) is 23.3 Å². The van der Waals surface area contributed by atoms with Crippen molar-refractivity contribution in [1.82, 2.24) is 30.0 Å². The van der Waals surface area contributed by atoms with Gasteiger partial charge in [0.1, 0.15) is 41.6 Å². The maximum Gasteiger partial charge on any atom is 0.295 e. The molecular weight excluding hydrogens is 1070 g/mol. The fraction of sp³-hybridized carbons (Fsp3) is 0. The molecular formula is C42H28N6O18S6. The molecule has 7 aromatic carbocycles. The van der Waals surface area contributed by atoms with Crippen molar-refractivity contribution >= 4 is 129 Å². The van der Waals surface area contributed by atoms with Crippen LogP contribution in [0.1, 0.15) is 22.3 Å². The van der Waals surface area contributed by atoms with Gasteiger partial charge in [-0.3, -0.25) is 27.3 Å². The number of nitrogens with zero attached hydrogens (tertiary/aromatic N) is 6. The molecule has 0 aliphatic carbocycles. The topological polar surface area (TPSA) is 388 Å². The molecule has 24 nitrogen and oxygen atoms in total. The lowest BCUT2D eigenvalue weighted by Gasteiger charge is -2.07. The van der Waals surface area contributed by atoms with E-state index in [9.17, 15) is 77.8 Å². The summed E-state index contributed by atoms with van der Waals surface area (Å²) in [5.74, 6) is 0. The van der Waals surface area contributed by atoms with E-state index in [-0.39, 0.29) is 66.1 Å². The van der Waals surface area contributed by atoms with Gasteiger partial charge in [0.25, 0.3) is 60.7 Å². The predicted octanol–water partition coefficient (Wildman–Crippen LogP) is 5.28. The third-order valence-corrected chi connectivity index (χ3v) is 16.1. The molecule has 370 valence electrons. The van der Waals surface area contributed by atoms with Crippen molar-refractivity contribution in [3.8, 4) is 11.4 Å². The smallest absolute Gasteiger partial charge is 0.282 e. The molecule has 9 aromatic rings. The first-order valence-electron chi connectivity index (χ1n) is 19.7. The van der Waals surface area contributed by atoms with E-state index in [1.165, 1.54) is 72.8 Å². The highest BCUT2D eigenvalue weighted by Gasteiger charge is 2.26. The third kappa shape index (κ3) is 9.76. The van der Waals surface area contributed by atoms with Crippen molar-refractivity contribution in [2.75, 3.05) is 0 Å². The predicted molar refractivity (Wildman–Crippen MR) is 256 cm³/mol. The van der Waals surface area contributed by atoms with Gasteiger partial charge in [-0.15, -0.1) is 20.4 Å². The number of fused-ring (bicyclic) bond motifs is 6. The van der Waals surface area contributed by atoms with Crippen molar-refractivity contribution in [2.24, 2.45) is 0 Å². The van der Waals surface area contributed by atoms with Crippen LogP contribution in [0.15, 0.2) is 139 Å². The highest BCUT2D eigenvalue weighted by atomic mass is 32.2. The summed E-state index contributed by atoms with van der Waals surface area (Å²) < 4.78 is 206. The number of rotatable bonds is 12. The Morgan fingerprint density at radius 3 is 1.00 bits per heavy atom. The molecule has 9 rings (SSSR count). The van der Waals surface area contributed by atoms with Crippen LogP contribution in [0.2, 0.25) is 0 Å². The van der Waals surface area contributed by atoms with Gasteiger partial charge in [-0.05, 0) is 82.9 Å². The fourth-order valence-corrected chi connectivity index (χ4v) is 11.7. The standard InChI is InChI=1S/C42H28N6O18S6/c49-67(50,51)29-19-33-31(39(21-29)71(61,62)63)13-15-35-41(33)45-47(43-35)27-11-9-25(37(17-27)69(55,56)57)7-5-23-1-2-24(4-3-23)6-8-26-10-12-28(18-38(26)70(58,59)60)48-44-36-16-14-32-34(42(36)46-48)20-30(68(52,53)54)22-40(32)72(64,65)66/h1-22H,(H,49,50,51)(H,52,53,54)(H,55,56,57)(H,58,59,60)(H,61,62,63)(H,64,65,66)/b7-5+,8-6+. The van der Waals surface area contributed by atoms with Gasteiger partial charge in [-0.1, -0.05) is 72.8 Å².